The molecule has 2 amide bonds. The van der Waals surface area contributed by atoms with Gasteiger partial charge in [0.15, 0.2) is 0 Å². The van der Waals surface area contributed by atoms with Crippen LogP contribution in [0.15, 0.2) is 23.4 Å². The van der Waals surface area contributed by atoms with Gasteiger partial charge < -0.3 is 9.84 Å². The zero-order valence-corrected chi connectivity index (χ0v) is 17.7. The molecule has 0 aromatic carbocycles. The smallest absolute Gasteiger partial charge is 0.341 e. The average Bonchev–Trinajstić information content (AvgIpc) is 3.24. The SMILES string of the molecule is COC(=O)c1c(N2C(=O)C[C@@H](Sc3ncccc3C(=O)O)C2=O)sc2c1CCCC2. The molecule has 0 bridgehead atoms. The first kappa shape index (κ1) is 20.5. The van der Waals surface area contributed by atoms with Gasteiger partial charge in [-0.2, -0.15) is 0 Å². The van der Waals surface area contributed by atoms with Crippen LogP contribution in [0.1, 0.15) is 50.4 Å². The van der Waals surface area contributed by atoms with Gasteiger partial charge in [0.05, 0.1) is 23.5 Å². The Morgan fingerprint density at radius 3 is 2.80 bits per heavy atom. The molecule has 2 aliphatic rings. The van der Waals surface area contributed by atoms with Crippen molar-refractivity contribution in [1.82, 2.24) is 4.98 Å². The molecule has 0 spiro atoms. The molecule has 156 valence electrons. The summed E-state index contributed by atoms with van der Waals surface area (Å²) in [5.41, 5.74) is 1.14. The van der Waals surface area contributed by atoms with Gasteiger partial charge in [-0.1, -0.05) is 11.8 Å². The van der Waals surface area contributed by atoms with E-state index in [0.717, 1.165) is 46.4 Å². The number of carbonyl (C=O) groups excluding carboxylic acids is 3. The van der Waals surface area contributed by atoms with E-state index >= 15 is 0 Å². The lowest BCUT2D eigenvalue weighted by Crippen LogP contribution is -2.32. The molecule has 10 heteroatoms. The number of thioether (sulfide) groups is 1. The maximum atomic E-state index is 13.1. The first-order valence-corrected chi connectivity index (χ1v) is 11.1. The van der Waals surface area contributed by atoms with Crippen molar-refractivity contribution in [2.75, 3.05) is 12.0 Å². The molecular formula is C20H18N2O6S2. The predicted octanol–water partition coefficient (Wildman–Crippen LogP) is 2.93. The molecule has 4 rings (SSSR count). The number of amides is 2. The number of esters is 1. The Morgan fingerprint density at radius 1 is 1.30 bits per heavy atom. The summed E-state index contributed by atoms with van der Waals surface area (Å²) in [5, 5.41) is 9.02. The van der Waals surface area contributed by atoms with Crippen molar-refractivity contribution >= 4 is 51.9 Å². The van der Waals surface area contributed by atoms with Crippen molar-refractivity contribution in [2.24, 2.45) is 0 Å². The Hall–Kier alpha value is -2.72. The molecule has 3 heterocycles. The number of anilines is 1. The second kappa shape index (κ2) is 8.19. The summed E-state index contributed by atoms with van der Waals surface area (Å²) >= 11 is 2.25. The number of carboxylic acid groups (broad SMARTS) is 1. The minimum Gasteiger partial charge on any atom is -0.478 e. The van der Waals surface area contributed by atoms with Crippen molar-refractivity contribution in [3.8, 4) is 0 Å². The van der Waals surface area contributed by atoms with Crippen LogP contribution in [0.4, 0.5) is 5.00 Å². The summed E-state index contributed by atoms with van der Waals surface area (Å²) in [6, 6.07) is 2.90. The molecule has 1 fully saturated rings. The molecule has 1 aliphatic carbocycles. The molecule has 1 saturated heterocycles. The fourth-order valence-electron chi connectivity index (χ4n) is 3.71. The van der Waals surface area contributed by atoms with Gasteiger partial charge in [0.1, 0.15) is 10.0 Å². The summed E-state index contributed by atoms with van der Waals surface area (Å²) in [6.45, 7) is 0. The molecule has 1 aliphatic heterocycles. The van der Waals surface area contributed by atoms with Crippen LogP contribution in [0.2, 0.25) is 0 Å². The number of thiophene rings is 1. The van der Waals surface area contributed by atoms with E-state index in [9.17, 15) is 24.3 Å². The van der Waals surface area contributed by atoms with Gasteiger partial charge in [-0.3, -0.25) is 9.59 Å². The van der Waals surface area contributed by atoms with Crippen molar-refractivity contribution in [3.63, 3.8) is 0 Å². The summed E-state index contributed by atoms with van der Waals surface area (Å²) in [7, 11) is 1.28. The zero-order chi connectivity index (χ0) is 21.4. The van der Waals surface area contributed by atoms with Crippen LogP contribution < -0.4 is 4.90 Å². The van der Waals surface area contributed by atoms with Crippen LogP contribution in [0, 0.1) is 0 Å². The van der Waals surface area contributed by atoms with E-state index in [1.165, 1.54) is 36.8 Å². The second-order valence-electron chi connectivity index (χ2n) is 6.92. The maximum Gasteiger partial charge on any atom is 0.341 e. The van der Waals surface area contributed by atoms with E-state index in [1.807, 2.05) is 0 Å². The first-order chi connectivity index (χ1) is 14.4. The van der Waals surface area contributed by atoms with Crippen molar-refractivity contribution in [3.05, 3.63) is 39.9 Å². The number of aromatic carboxylic acids is 1. The monoisotopic (exact) mass is 446 g/mol. The van der Waals surface area contributed by atoms with Gasteiger partial charge in [-0.05, 0) is 43.4 Å². The van der Waals surface area contributed by atoms with Crippen molar-refractivity contribution in [1.29, 1.82) is 0 Å². The highest BCUT2D eigenvalue weighted by Crippen LogP contribution is 2.44. The summed E-state index contributed by atoms with van der Waals surface area (Å²) in [5.74, 6) is -2.61. The number of ether oxygens (including phenoxy) is 1. The first-order valence-electron chi connectivity index (χ1n) is 9.37. The van der Waals surface area contributed by atoms with Gasteiger partial charge >= 0.3 is 11.9 Å². The summed E-state index contributed by atoms with van der Waals surface area (Å²) in [4.78, 5) is 56.0. The second-order valence-corrected chi connectivity index (χ2v) is 9.20. The fraction of sp³-hybridized carbons (Fsp3) is 0.350. The van der Waals surface area contributed by atoms with Gasteiger partial charge in [0.2, 0.25) is 11.8 Å². The number of methoxy groups -OCH3 is 1. The molecule has 0 unspecified atom stereocenters. The molecule has 0 saturated carbocycles. The van der Waals surface area contributed by atoms with Crippen LogP contribution in [0.5, 0.6) is 0 Å². The number of imide groups is 1. The highest BCUT2D eigenvalue weighted by atomic mass is 32.2. The Labute approximate surface area is 180 Å². The Balaban J connectivity index is 1.68. The van der Waals surface area contributed by atoms with Crippen molar-refractivity contribution < 1.29 is 29.0 Å². The number of rotatable bonds is 5. The molecule has 2 aromatic rings. The lowest BCUT2D eigenvalue weighted by atomic mass is 9.95. The largest absolute Gasteiger partial charge is 0.478 e. The maximum absolute atomic E-state index is 13.1. The molecule has 1 atom stereocenters. The van der Waals surface area contributed by atoms with Crippen molar-refractivity contribution in [2.45, 2.75) is 42.4 Å². The highest BCUT2D eigenvalue weighted by molar-refractivity contribution is 8.00. The normalized spacial score (nSPS) is 18.4. The average molecular weight is 447 g/mol. The number of pyridine rings is 1. The van der Waals surface area contributed by atoms with E-state index in [4.69, 9.17) is 4.74 Å². The minimum absolute atomic E-state index is 0.0250. The molecule has 8 nitrogen and oxygen atoms in total. The highest BCUT2D eigenvalue weighted by Gasteiger charge is 2.44. The minimum atomic E-state index is -1.15. The molecule has 2 aromatic heterocycles. The Morgan fingerprint density at radius 2 is 2.07 bits per heavy atom. The van der Waals surface area contributed by atoms with E-state index in [0.29, 0.717) is 17.0 Å². The lowest BCUT2D eigenvalue weighted by Gasteiger charge is -2.15. The number of fused-ring (bicyclic) bond motifs is 1. The number of carbonyl (C=O) groups is 4. The molecule has 1 N–H and O–H groups in total. The lowest BCUT2D eigenvalue weighted by molar-refractivity contribution is -0.121. The number of carboxylic acids is 1. The van der Waals surface area contributed by atoms with Crippen LogP contribution in [0.25, 0.3) is 0 Å². The van der Waals surface area contributed by atoms with Crippen LogP contribution >= 0.6 is 23.1 Å². The number of hydrogen-bond donors (Lipinski definition) is 1. The van der Waals surface area contributed by atoms with Gasteiger partial charge in [0.25, 0.3) is 0 Å². The number of hydrogen-bond acceptors (Lipinski definition) is 8. The number of nitrogens with zero attached hydrogens (tertiary/aromatic N) is 2. The van der Waals surface area contributed by atoms with Gasteiger partial charge in [0, 0.05) is 17.5 Å². The standard InChI is InChI=1S/C20H18N2O6S2/c1-28-20(27)15-10-5-2-3-7-12(10)30-18(15)22-14(23)9-13(17(22)24)29-16-11(19(25)26)6-4-8-21-16/h4,6,8,13H,2-3,5,7,9H2,1H3,(H,25,26)/t13-/m1/s1. The summed E-state index contributed by atoms with van der Waals surface area (Å²) in [6.07, 6.45) is 4.78. The number of aryl methyl sites for hydroxylation is 1. The molecule has 0 radical (unpaired) electrons. The number of aromatic nitrogens is 1. The predicted molar refractivity (Wildman–Crippen MR) is 110 cm³/mol. The van der Waals surface area contributed by atoms with Gasteiger partial charge in [-0.25, -0.2) is 19.5 Å². The third-order valence-corrected chi connectivity index (χ3v) is 7.58. The van der Waals surface area contributed by atoms with Gasteiger partial charge in [-0.15, -0.1) is 11.3 Å². The molecular weight excluding hydrogens is 428 g/mol. The van der Waals surface area contributed by atoms with Crippen LogP contribution in [-0.2, 0) is 27.2 Å². The van der Waals surface area contributed by atoms with E-state index in [1.54, 1.807) is 0 Å². The van der Waals surface area contributed by atoms with E-state index < -0.39 is 29.0 Å². The topological polar surface area (TPSA) is 114 Å². The van der Waals surface area contributed by atoms with E-state index in [-0.39, 0.29) is 17.0 Å². The van der Waals surface area contributed by atoms with Crippen LogP contribution in [0.3, 0.4) is 0 Å². The Bertz CT molecular complexity index is 1060. The Kier molecular flexibility index (Phi) is 5.61. The quantitative estimate of drug-likeness (QED) is 0.551. The fourth-order valence-corrected chi connectivity index (χ4v) is 6.22. The zero-order valence-electron chi connectivity index (χ0n) is 16.0. The third kappa shape index (κ3) is 3.50. The van der Waals surface area contributed by atoms with Crippen LogP contribution in [-0.4, -0.2) is 46.2 Å². The summed E-state index contributed by atoms with van der Waals surface area (Å²) < 4.78 is 4.93. The third-order valence-electron chi connectivity index (χ3n) is 5.11. The molecule has 30 heavy (non-hydrogen) atoms. The van der Waals surface area contributed by atoms with E-state index in [2.05, 4.69) is 4.98 Å².